The maximum absolute atomic E-state index is 12.4. The smallest absolute Gasteiger partial charge is 0.254 e. The van der Waals surface area contributed by atoms with Gasteiger partial charge in [-0.15, -0.1) is 0 Å². The Labute approximate surface area is 151 Å². The Kier molecular flexibility index (Phi) is 5.20. The van der Waals surface area contributed by atoms with E-state index in [4.69, 9.17) is 0 Å². The number of hydrogen-bond donors (Lipinski definition) is 2. The van der Waals surface area contributed by atoms with Crippen molar-refractivity contribution in [3.63, 3.8) is 0 Å². The van der Waals surface area contributed by atoms with Crippen molar-refractivity contribution >= 4 is 29.3 Å². The maximum atomic E-state index is 12.4. The lowest BCUT2D eigenvalue weighted by Crippen LogP contribution is -2.50. The molecule has 2 N–H and O–H groups in total. The van der Waals surface area contributed by atoms with E-state index in [0.717, 1.165) is 0 Å². The topological polar surface area (TPSA) is 98.8 Å². The number of fused-ring (bicyclic) bond motifs is 1. The molecule has 1 aromatic rings. The molecule has 0 aliphatic carbocycles. The van der Waals surface area contributed by atoms with E-state index in [2.05, 4.69) is 10.6 Å². The molecule has 2 aliphatic heterocycles. The molecule has 1 saturated heterocycles. The molecular weight excluding hydrogens is 336 g/mol. The first kappa shape index (κ1) is 17.9. The number of carbonyl (C=O) groups is 4. The number of amides is 4. The van der Waals surface area contributed by atoms with Crippen LogP contribution in [0, 0.1) is 0 Å². The summed E-state index contributed by atoms with van der Waals surface area (Å²) in [6.07, 6.45) is 0.395. The summed E-state index contributed by atoms with van der Waals surface area (Å²) in [7, 11) is 0. The van der Waals surface area contributed by atoms with Gasteiger partial charge in [0, 0.05) is 39.5 Å². The van der Waals surface area contributed by atoms with Crippen LogP contribution in [0.25, 0.3) is 0 Å². The van der Waals surface area contributed by atoms with Gasteiger partial charge in [-0.1, -0.05) is 12.1 Å². The molecule has 1 atom stereocenters. The zero-order valence-electron chi connectivity index (χ0n) is 14.7. The van der Waals surface area contributed by atoms with Gasteiger partial charge in [-0.05, 0) is 18.6 Å². The van der Waals surface area contributed by atoms with Gasteiger partial charge < -0.3 is 20.4 Å². The normalized spacial score (nSPS) is 20.0. The standard InChI is InChI=1S/C18H22N4O4/c1-12(23)21-8-10-22(11-9-21)16(24)7-6-15-18(26)19-14-5-3-2-4-13(14)17(25)20-15/h2-5,15H,6-11H2,1H3,(H,19,26)(H,20,25)/t15-/m0/s1. The number of hydrogen-bond acceptors (Lipinski definition) is 4. The minimum atomic E-state index is -0.752. The van der Waals surface area contributed by atoms with Crippen LogP contribution in [-0.2, 0) is 14.4 Å². The first-order valence-electron chi connectivity index (χ1n) is 8.70. The fourth-order valence-electron chi connectivity index (χ4n) is 3.21. The minimum absolute atomic E-state index is 0.00880. The summed E-state index contributed by atoms with van der Waals surface area (Å²) in [6.45, 7) is 3.55. The zero-order valence-corrected chi connectivity index (χ0v) is 14.7. The molecule has 4 amide bonds. The van der Waals surface area contributed by atoms with E-state index in [-0.39, 0.29) is 36.5 Å². The molecule has 1 fully saturated rings. The molecule has 0 unspecified atom stereocenters. The van der Waals surface area contributed by atoms with Gasteiger partial charge >= 0.3 is 0 Å². The van der Waals surface area contributed by atoms with Gasteiger partial charge in [0.25, 0.3) is 5.91 Å². The summed E-state index contributed by atoms with van der Waals surface area (Å²) >= 11 is 0. The van der Waals surface area contributed by atoms with Crippen LogP contribution >= 0.6 is 0 Å². The summed E-state index contributed by atoms with van der Waals surface area (Å²) in [5.41, 5.74) is 0.888. The monoisotopic (exact) mass is 358 g/mol. The van der Waals surface area contributed by atoms with Crippen molar-refractivity contribution in [2.75, 3.05) is 31.5 Å². The van der Waals surface area contributed by atoms with Crippen LogP contribution in [0.4, 0.5) is 5.69 Å². The highest BCUT2D eigenvalue weighted by Gasteiger charge is 2.29. The Morgan fingerprint density at radius 2 is 1.73 bits per heavy atom. The Balaban J connectivity index is 1.55. The van der Waals surface area contributed by atoms with E-state index in [1.165, 1.54) is 6.92 Å². The van der Waals surface area contributed by atoms with Crippen LogP contribution in [0.3, 0.4) is 0 Å². The van der Waals surface area contributed by atoms with Crippen LogP contribution in [0.1, 0.15) is 30.1 Å². The quantitative estimate of drug-likeness (QED) is 0.807. The zero-order chi connectivity index (χ0) is 18.7. The fourth-order valence-corrected chi connectivity index (χ4v) is 3.21. The number of rotatable bonds is 3. The molecule has 0 bridgehead atoms. The van der Waals surface area contributed by atoms with Crippen molar-refractivity contribution in [1.29, 1.82) is 0 Å². The number of nitrogens with one attached hydrogen (secondary N) is 2. The van der Waals surface area contributed by atoms with Gasteiger partial charge in [0.15, 0.2) is 0 Å². The van der Waals surface area contributed by atoms with Crippen molar-refractivity contribution in [2.24, 2.45) is 0 Å². The molecule has 8 heteroatoms. The first-order chi connectivity index (χ1) is 12.5. The predicted octanol–water partition coefficient (Wildman–Crippen LogP) is 0.208. The Bertz CT molecular complexity index is 740. The summed E-state index contributed by atoms with van der Waals surface area (Å²) < 4.78 is 0. The van der Waals surface area contributed by atoms with E-state index >= 15 is 0 Å². The second-order valence-corrected chi connectivity index (χ2v) is 6.49. The second kappa shape index (κ2) is 7.55. The predicted molar refractivity (Wildman–Crippen MR) is 94.4 cm³/mol. The molecule has 0 aromatic heterocycles. The number of carbonyl (C=O) groups excluding carboxylic acids is 4. The van der Waals surface area contributed by atoms with Crippen molar-refractivity contribution in [1.82, 2.24) is 15.1 Å². The molecule has 2 aliphatic rings. The molecule has 0 saturated carbocycles. The van der Waals surface area contributed by atoms with Gasteiger partial charge in [0.2, 0.25) is 17.7 Å². The molecule has 2 heterocycles. The van der Waals surface area contributed by atoms with Crippen molar-refractivity contribution in [2.45, 2.75) is 25.8 Å². The summed E-state index contributed by atoms with van der Waals surface area (Å²) in [6, 6.07) is 6.05. The third-order valence-electron chi connectivity index (χ3n) is 4.78. The van der Waals surface area contributed by atoms with Crippen LogP contribution in [0.2, 0.25) is 0 Å². The van der Waals surface area contributed by atoms with Crippen LogP contribution in [-0.4, -0.2) is 65.6 Å². The number of nitrogens with zero attached hydrogens (tertiary/aromatic N) is 2. The van der Waals surface area contributed by atoms with Crippen molar-refractivity contribution in [3.8, 4) is 0 Å². The molecular formula is C18H22N4O4. The molecule has 0 radical (unpaired) electrons. The molecule has 1 aromatic carbocycles. The highest BCUT2D eigenvalue weighted by molar-refractivity contribution is 6.09. The van der Waals surface area contributed by atoms with Gasteiger partial charge in [0.05, 0.1) is 11.3 Å². The average Bonchev–Trinajstić information content (AvgIpc) is 2.76. The SMILES string of the molecule is CC(=O)N1CCN(C(=O)CC[C@@H]2NC(=O)c3ccccc3NC2=O)CC1. The molecule has 3 rings (SSSR count). The largest absolute Gasteiger partial charge is 0.340 e. The van der Waals surface area contributed by atoms with E-state index in [9.17, 15) is 19.2 Å². The van der Waals surface area contributed by atoms with E-state index in [1.54, 1.807) is 34.1 Å². The Morgan fingerprint density at radius 1 is 1.08 bits per heavy atom. The number of anilines is 1. The van der Waals surface area contributed by atoms with Gasteiger partial charge in [-0.3, -0.25) is 19.2 Å². The van der Waals surface area contributed by atoms with Gasteiger partial charge in [0.1, 0.15) is 6.04 Å². The van der Waals surface area contributed by atoms with Crippen molar-refractivity contribution < 1.29 is 19.2 Å². The van der Waals surface area contributed by atoms with E-state index in [1.807, 2.05) is 0 Å². The fraction of sp³-hybridized carbons (Fsp3) is 0.444. The van der Waals surface area contributed by atoms with Crippen LogP contribution < -0.4 is 10.6 Å². The van der Waals surface area contributed by atoms with Crippen LogP contribution in [0.5, 0.6) is 0 Å². The van der Waals surface area contributed by atoms with Gasteiger partial charge in [-0.25, -0.2) is 0 Å². The molecule has 26 heavy (non-hydrogen) atoms. The highest BCUT2D eigenvalue weighted by Crippen LogP contribution is 2.19. The Hall–Kier alpha value is -2.90. The lowest BCUT2D eigenvalue weighted by Gasteiger charge is -2.34. The molecule has 8 nitrogen and oxygen atoms in total. The van der Waals surface area contributed by atoms with E-state index in [0.29, 0.717) is 37.4 Å². The van der Waals surface area contributed by atoms with Crippen molar-refractivity contribution in [3.05, 3.63) is 29.8 Å². The van der Waals surface area contributed by atoms with Crippen LogP contribution in [0.15, 0.2) is 24.3 Å². The second-order valence-electron chi connectivity index (χ2n) is 6.49. The summed E-state index contributed by atoms with van der Waals surface area (Å²) in [4.78, 5) is 51.7. The third-order valence-corrected chi connectivity index (χ3v) is 4.78. The first-order valence-corrected chi connectivity index (χ1v) is 8.70. The minimum Gasteiger partial charge on any atom is -0.340 e. The van der Waals surface area contributed by atoms with E-state index < -0.39 is 6.04 Å². The lowest BCUT2D eigenvalue weighted by atomic mass is 10.1. The number of piperazine rings is 1. The lowest BCUT2D eigenvalue weighted by molar-refractivity contribution is -0.138. The summed E-state index contributed by atoms with van der Waals surface area (Å²) in [5, 5.41) is 5.42. The number of para-hydroxylation sites is 1. The summed E-state index contributed by atoms with van der Waals surface area (Å²) in [5.74, 6) is -0.713. The maximum Gasteiger partial charge on any atom is 0.254 e. The third kappa shape index (κ3) is 3.84. The average molecular weight is 358 g/mol. The highest BCUT2D eigenvalue weighted by atomic mass is 16.2. The number of benzene rings is 1. The molecule has 138 valence electrons. The molecule has 0 spiro atoms. The van der Waals surface area contributed by atoms with Gasteiger partial charge in [-0.2, -0.15) is 0 Å². The Morgan fingerprint density at radius 3 is 2.42 bits per heavy atom.